The van der Waals surface area contributed by atoms with Crippen molar-refractivity contribution in [2.24, 2.45) is 11.5 Å². The first-order chi connectivity index (χ1) is 5.13. The van der Waals surface area contributed by atoms with Crippen LogP contribution in [-0.4, -0.2) is 24.3 Å². The number of hydrogen-bond donors (Lipinski definition) is 3. The van der Waals surface area contributed by atoms with Gasteiger partial charge in [-0.15, -0.1) is 0 Å². The van der Waals surface area contributed by atoms with Crippen molar-refractivity contribution >= 4 is 13.1 Å². The molecule has 0 amide bonds. The van der Waals surface area contributed by atoms with E-state index in [0.717, 1.165) is 0 Å². The van der Waals surface area contributed by atoms with Gasteiger partial charge >= 0.3 is 0 Å². The Balaban J connectivity index is 3.90. The second kappa shape index (κ2) is 3.55. The monoisotopic (exact) mass is 171 g/mol. The maximum atomic E-state index is 11.3. The van der Waals surface area contributed by atoms with Gasteiger partial charge in [-0.2, -0.15) is 0 Å². The van der Waals surface area contributed by atoms with Crippen LogP contribution >= 0.6 is 0 Å². The SMILES string of the molecule is CC(C)(N)NBC(=O)C(C)(C)N. The topological polar surface area (TPSA) is 81.1 Å². The van der Waals surface area contributed by atoms with Crippen LogP contribution in [0.4, 0.5) is 0 Å². The van der Waals surface area contributed by atoms with E-state index >= 15 is 0 Å². The van der Waals surface area contributed by atoms with Crippen molar-refractivity contribution in [2.45, 2.75) is 38.9 Å². The molecule has 5 heteroatoms. The summed E-state index contributed by atoms with van der Waals surface area (Å²) in [6.07, 6.45) is 0. The molecule has 0 fully saturated rings. The van der Waals surface area contributed by atoms with Crippen molar-refractivity contribution in [1.29, 1.82) is 0 Å². The maximum absolute atomic E-state index is 11.3. The fourth-order valence-corrected chi connectivity index (χ4v) is 0.536. The number of carbonyl (C=O) groups excluding carboxylic acids is 1. The molecule has 0 aromatic carbocycles. The first kappa shape index (κ1) is 11.6. The van der Waals surface area contributed by atoms with Crippen LogP contribution in [-0.2, 0) is 4.79 Å². The fourth-order valence-electron chi connectivity index (χ4n) is 0.536. The minimum atomic E-state index is -0.780. The molecule has 0 aromatic rings. The highest BCUT2D eigenvalue weighted by Gasteiger charge is 2.24. The van der Waals surface area contributed by atoms with E-state index < -0.39 is 11.2 Å². The lowest BCUT2D eigenvalue weighted by molar-refractivity contribution is -0.115. The molecule has 12 heavy (non-hydrogen) atoms. The summed E-state index contributed by atoms with van der Waals surface area (Å²) in [5, 5.41) is 2.88. The molecular formula is C7H18BN3O. The Morgan fingerprint density at radius 3 is 1.92 bits per heavy atom. The van der Waals surface area contributed by atoms with Gasteiger partial charge in [-0.25, -0.2) is 0 Å². The predicted octanol–water partition coefficient (Wildman–Crippen LogP) is -1.11. The van der Waals surface area contributed by atoms with Gasteiger partial charge in [-0.1, -0.05) is 0 Å². The predicted molar refractivity (Wildman–Crippen MR) is 51.8 cm³/mol. The summed E-state index contributed by atoms with van der Waals surface area (Å²) in [5.41, 5.74) is 9.85. The molecule has 0 spiro atoms. The van der Waals surface area contributed by atoms with Crippen LogP contribution in [0.3, 0.4) is 0 Å². The van der Waals surface area contributed by atoms with Crippen molar-refractivity contribution in [1.82, 2.24) is 5.23 Å². The van der Waals surface area contributed by atoms with Crippen LogP contribution in [0.15, 0.2) is 0 Å². The zero-order valence-corrected chi connectivity index (χ0v) is 8.27. The molecule has 0 atom stereocenters. The van der Waals surface area contributed by atoms with Gasteiger partial charge in [0.25, 0.3) is 7.41 Å². The van der Waals surface area contributed by atoms with Gasteiger partial charge in [-0.05, 0) is 27.7 Å². The van der Waals surface area contributed by atoms with E-state index in [2.05, 4.69) is 5.23 Å². The van der Waals surface area contributed by atoms with E-state index in [4.69, 9.17) is 11.5 Å². The molecule has 0 bridgehead atoms. The van der Waals surface area contributed by atoms with Crippen LogP contribution in [0.5, 0.6) is 0 Å². The van der Waals surface area contributed by atoms with E-state index in [1.54, 1.807) is 27.7 Å². The molecule has 4 nitrogen and oxygen atoms in total. The molecule has 0 aliphatic carbocycles. The van der Waals surface area contributed by atoms with Gasteiger partial charge in [0, 0.05) is 0 Å². The average molecular weight is 171 g/mol. The zero-order chi connectivity index (χ0) is 9.99. The Morgan fingerprint density at radius 2 is 1.67 bits per heavy atom. The Labute approximate surface area is 74.3 Å². The Morgan fingerprint density at radius 1 is 1.25 bits per heavy atom. The third kappa shape index (κ3) is 5.29. The number of nitrogens with one attached hydrogen (secondary N) is 1. The van der Waals surface area contributed by atoms with Crippen molar-refractivity contribution in [3.05, 3.63) is 0 Å². The molecule has 0 aliphatic heterocycles. The van der Waals surface area contributed by atoms with Crippen molar-refractivity contribution in [2.75, 3.05) is 0 Å². The number of rotatable bonds is 4. The van der Waals surface area contributed by atoms with Gasteiger partial charge in [0.15, 0.2) is 0 Å². The summed E-state index contributed by atoms with van der Waals surface area (Å²) < 4.78 is 0. The summed E-state index contributed by atoms with van der Waals surface area (Å²) >= 11 is 0. The highest BCUT2D eigenvalue weighted by molar-refractivity contribution is 6.73. The zero-order valence-electron chi connectivity index (χ0n) is 8.27. The second-order valence-electron chi connectivity index (χ2n) is 4.22. The maximum Gasteiger partial charge on any atom is 0.286 e. The third-order valence-corrected chi connectivity index (χ3v) is 1.42. The average Bonchev–Trinajstić information content (AvgIpc) is 1.78. The largest absolute Gasteiger partial charge is 0.336 e. The number of hydrogen-bond acceptors (Lipinski definition) is 4. The Bertz CT molecular complexity index is 168. The molecular weight excluding hydrogens is 153 g/mol. The van der Waals surface area contributed by atoms with E-state index in [9.17, 15) is 4.79 Å². The summed E-state index contributed by atoms with van der Waals surface area (Å²) in [7, 11) is 0.215. The van der Waals surface area contributed by atoms with Crippen molar-refractivity contribution in [3.63, 3.8) is 0 Å². The molecule has 0 rings (SSSR count). The van der Waals surface area contributed by atoms with Gasteiger partial charge in [0.05, 0.1) is 11.2 Å². The van der Waals surface area contributed by atoms with Crippen LogP contribution in [0, 0.1) is 0 Å². The van der Waals surface area contributed by atoms with E-state index in [1.807, 2.05) is 0 Å². The molecule has 0 heterocycles. The lowest BCUT2D eigenvalue weighted by atomic mass is 9.75. The van der Waals surface area contributed by atoms with Gasteiger partial charge in [0.1, 0.15) is 5.68 Å². The fraction of sp³-hybridized carbons (Fsp3) is 0.857. The quantitative estimate of drug-likeness (QED) is 0.370. The van der Waals surface area contributed by atoms with E-state index in [0.29, 0.717) is 0 Å². The molecule has 5 N–H and O–H groups in total. The highest BCUT2D eigenvalue weighted by Crippen LogP contribution is 1.97. The summed E-state index contributed by atoms with van der Waals surface area (Å²) in [6, 6.07) is 0. The third-order valence-electron chi connectivity index (χ3n) is 1.42. The van der Waals surface area contributed by atoms with Crippen LogP contribution < -0.4 is 16.7 Å². The Kier molecular flexibility index (Phi) is 3.44. The highest BCUT2D eigenvalue weighted by atomic mass is 16.1. The second-order valence-corrected chi connectivity index (χ2v) is 4.22. The molecule has 0 aromatic heterocycles. The molecule has 0 saturated heterocycles. The molecule has 0 radical (unpaired) electrons. The molecule has 0 saturated carbocycles. The van der Waals surface area contributed by atoms with Crippen LogP contribution in [0.2, 0.25) is 0 Å². The molecule has 70 valence electrons. The lowest BCUT2D eigenvalue weighted by Gasteiger charge is -2.23. The minimum Gasteiger partial charge on any atom is -0.336 e. The summed E-state index contributed by atoms with van der Waals surface area (Å²) in [5.74, 6) is 0. The smallest absolute Gasteiger partial charge is 0.286 e. The van der Waals surface area contributed by atoms with E-state index in [1.165, 1.54) is 0 Å². The van der Waals surface area contributed by atoms with Gasteiger partial charge in [0.2, 0.25) is 0 Å². The van der Waals surface area contributed by atoms with Crippen molar-refractivity contribution in [3.8, 4) is 0 Å². The molecule has 0 aliphatic rings. The summed E-state index contributed by atoms with van der Waals surface area (Å²) in [4.78, 5) is 11.3. The minimum absolute atomic E-state index is 0.0407. The number of carbonyl (C=O) groups is 1. The normalized spacial score (nSPS) is 12.8. The van der Waals surface area contributed by atoms with Crippen molar-refractivity contribution < 1.29 is 4.79 Å². The van der Waals surface area contributed by atoms with Gasteiger partial charge in [-0.3, -0.25) is 0 Å². The molecule has 0 unspecified atom stereocenters. The Hall–Kier alpha value is -0.385. The van der Waals surface area contributed by atoms with Crippen LogP contribution in [0.1, 0.15) is 27.7 Å². The van der Waals surface area contributed by atoms with Crippen LogP contribution in [0.25, 0.3) is 0 Å². The van der Waals surface area contributed by atoms with Gasteiger partial charge < -0.3 is 21.5 Å². The van der Waals surface area contributed by atoms with E-state index in [-0.39, 0.29) is 13.1 Å². The standard InChI is InChI=1S/C7H18BN3O/c1-6(2,9)5(12)8-11-7(3,4)10/h8,11H,9-10H2,1-4H3. The lowest BCUT2D eigenvalue weighted by Crippen LogP contribution is -2.56. The summed E-state index contributed by atoms with van der Waals surface area (Å²) in [6.45, 7) is 6.95. The number of nitrogens with two attached hydrogens (primary N) is 2. The first-order valence-corrected chi connectivity index (χ1v) is 3.99. The first-order valence-electron chi connectivity index (χ1n) is 3.99.